The topological polar surface area (TPSA) is 54.5 Å². The van der Waals surface area contributed by atoms with Crippen LogP contribution in [0.1, 0.15) is 34.0 Å². The third kappa shape index (κ3) is 4.45. The molecule has 0 aliphatic rings. The number of aryl methyl sites for hydroxylation is 2. The molecule has 0 aromatic heterocycles. The number of hydrogen-bond donors (Lipinski definition) is 0. The maximum absolute atomic E-state index is 12.9. The normalized spacial score (nSPS) is 11.3. The van der Waals surface area contributed by atoms with Crippen molar-refractivity contribution in [3.05, 3.63) is 64.7 Å². The molecule has 0 saturated heterocycles. The van der Waals surface area contributed by atoms with Crippen LogP contribution < -0.4 is 4.90 Å². The Morgan fingerprint density at radius 1 is 1.08 bits per heavy atom. The van der Waals surface area contributed by atoms with Crippen LogP contribution in [0.4, 0.5) is 5.69 Å². The van der Waals surface area contributed by atoms with Gasteiger partial charge in [-0.25, -0.2) is 8.42 Å². The van der Waals surface area contributed by atoms with Crippen molar-refractivity contribution < 1.29 is 13.2 Å². The molecule has 1 amide bonds. The SMILES string of the molecule is CCN(C(=O)c1cccc(CS(C)(=O)=O)c1)c1cc(C)ccc1C. The second-order valence-corrected chi connectivity index (χ2v) is 8.25. The molecule has 4 nitrogen and oxygen atoms in total. The highest BCUT2D eigenvalue weighted by atomic mass is 32.2. The first-order valence-corrected chi connectivity index (χ1v) is 9.93. The van der Waals surface area contributed by atoms with Gasteiger partial charge in [-0.15, -0.1) is 0 Å². The zero-order chi connectivity index (χ0) is 17.9. The number of benzene rings is 2. The Morgan fingerprint density at radius 2 is 1.79 bits per heavy atom. The van der Waals surface area contributed by atoms with E-state index in [1.807, 2.05) is 39.0 Å². The average molecular weight is 345 g/mol. The average Bonchev–Trinajstić information content (AvgIpc) is 2.50. The first-order valence-electron chi connectivity index (χ1n) is 7.87. The van der Waals surface area contributed by atoms with E-state index in [2.05, 4.69) is 0 Å². The first kappa shape index (κ1) is 18.2. The Kier molecular flexibility index (Phi) is 5.44. The van der Waals surface area contributed by atoms with Crippen molar-refractivity contribution in [2.45, 2.75) is 26.5 Å². The zero-order valence-corrected chi connectivity index (χ0v) is 15.4. The fraction of sp³-hybridized carbons (Fsp3) is 0.316. The summed E-state index contributed by atoms with van der Waals surface area (Å²) in [6.45, 7) is 6.44. The van der Waals surface area contributed by atoms with Crippen LogP contribution in [0.5, 0.6) is 0 Å². The van der Waals surface area contributed by atoms with E-state index in [-0.39, 0.29) is 11.7 Å². The lowest BCUT2D eigenvalue weighted by Crippen LogP contribution is -2.31. The molecule has 24 heavy (non-hydrogen) atoms. The second kappa shape index (κ2) is 7.18. The van der Waals surface area contributed by atoms with E-state index in [9.17, 15) is 13.2 Å². The van der Waals surface area contributed by atoms with Gasteiger partial charge >= 0.3 is 0 Å². The molecule has 0 bridgehead atoms. The quantitative estimate of drug-likeness (QED) is 0.833. The Bertz CT molecular complexity index is 857. The molecule has 5 heteroatoms. The van der Waals surface area contributed by atoms with Crippen molar-refractivity contribution in [3.8, 4) is 0 Å². The molecule has 0 N–H and O–H groups in total. The predicted octanol–water partition coefficient (Wildman–Crippen LogP) is 3.51. The maximum Gasteiger partial charge on any atom is 0.258 e. The lowest BCUT2D eigenvalue weighted by Gasteiger charge is -2.24. The summed E-state index contributed by atoms with van der Waals surface area (Å²) in [5, 5.41) is 0. The third-order valence-corrected chi connectivity index (χ3v) is 4.68. The molecule has 0 radical (unpaired) electrons. The van der Waals surface area contributed by atoms with Crippen molar-refractivity contribution in [2.75, 3.05) is 17.7 Å². The summed E-state index contributed by atoms with van der Waals surface area (Å²) in [6, 6.07) is 12.9. The van der Waals surface area contributed by atoms with E-state index in [0.717, 1.165) is 16.8 Å². The van der Waals surface area contributed by atoms with E-state index in [0.29, 0.717) is 17.7 Å². The van der Waals surface area contributed by atoms with E-state index < -0.39 is 9.84 Å². The lowest BCUT2D eigenvalue weighted by molar-refractivity contribution is 0.0988. The van der Waals surface area contributed by atoms with Gasteiger partial charge in [-0.1, -0.05) is 24.3 Å². The molecule has 128 valence electrons. The number of amides is 1. The Balaban J connectivity index is 2.39. The summed E-state index contributed by atoms with van der Waals surface area (Å²) in [7, 11) is -3.13. The van der Waals surface area contributed by atoms with Gasteiger partial charge in [-0.05, 0) is 55.7 Å². The van der Waals surface area contributed by atoms with Crippen LogP contribution in [-0.2, 0) is 15.6 Å². The van der Waals surface area contributed by atoms with Crippen molar-refractivity contribution in [1.29, 1.82) is 0 Å². The van der Waals surface area contributed by atoms with Gasteiger partial charge < -0.3 is 4.90 Å². The van der Waals surface area contributed by atoms with Crippen LogP contribution in [-0.4, -0.2) is 27.1 Å². The van der Waals surface area contributed by atoms with E-state index in [1.54, 1.807) is 29.2 Å². The number of sulfone groups is 1. The summed E-state index contributed by atoms with van der Waals surface area (Å²) in [6.07, 6.45) is 1.19. The summed E-state index contributed by atoms with van der Waals surface area (Å²) in [5.74, 6) is -0.189. The number of carbonyl (C=O) groups excluding carboxylic acids is 1. The Labute approximate surface area is 144 Å². The van der Waals surface area contributed by atoms with Crippen LogP contribution in [0.3, 0.4) is 0 Å². The highest BCUT2D eigenvalue weighted by Gasteiger charge is 2.18. The molecule has 2 rings (SSSR count). The smallest absolute Gasteiger partial charge is 0.258 e. The fourth-order valence-corrected chi connectivity index (χ4v) is 3.47. The monoisotopic (exact) mass is 345 g/mol. The number of carbonyl (C=O) groups is 1. The van der Waals surface area contributed by atoms with E-state index in [1.165, 1.54) is 6.26 Å². The third-order valence-electron chi connectivity index (χ3n) is 3.82. The van der Waals surface area contributed by atoms with Crippen molar-refractivity contribution in [2.24, 2.45) is 0 Å². The molecule has 0 spiro atoms. The first-order chi connectivity index (χ1) is 11.2. The van der Waals surface area contributed by atoms with Gasteiger partial charge in [0.15, 0.2) is 9.84 Å². The maximum atomic E-state index is 12.9. The van der Waals surface area contributed by atoms with Crippen LogP contribution in [0.25, 0.3) is 0 Å². The Hall–Kier alpha value is -2.14. The van der Waals surface area contributed by atoms with Crippen LogP contribution >= 0.6 is 0 Å². The molecule has 0 aliphatic heterocycles. The van der Waals surface area contributed by atoms with E-state index in [4.69, 9.17) is 0 Å². The highest BCUT2D eigenvalue weighted by molar-refractivity contribution is 7.89. The van der Waals surface area contributed by atoms with Crippen LogP contribution in [0.2, 0.25) is 0 Å². The van der Waals surface area contributed by atoms with E-state index >= 15 is 0 Å². The van der Waals surface area contributed by atoms with Crippen molar-refractivity contribution in [1.82, 2.24) is 0 Å². The van der Waals surface area contributed by atoms with Gasteiger partial charge in [0.25, 0.3) is 5.91 Å². The minimum atomic E-state index is -3.13. The largest absolute Gasteiger partial charge is 0.308 e. The number of hydrogen-bond acceptors (Lipinski definition) is 3. The minimum absolute atomic E-state index is 0.0658. The Morgan fingerprint density at radius 3 is 2.42 bits per heavy atom. The number of anilines is 1. The van der Waals surface area contributed by atoms with Gasteiger partial charge in [-0.3, -0.25) is 4.79 Å². The summed E-state index contributed by atoms with van der Waals surface area (Å²) in [4.78, 5) is 14.7. The lowest BCUT2D eigenvalue weighted by atomic mass is 10.1. The van der Waals surface area contributed by atoms with Crippen molar-refractivity contribution >= 4 is 21.4 Å². The standard InChI is InChI=1S/C19H23NO3S/c1-5-20(18-11-14(2)9-10-15(18)3)19(21)17-8-6-7-16(12-17)13-24(4,22)23/h6-12H,5,13H2,1-4H3. The molecule has 0 aliphatic carbocycles. The minimum Gasteiger partial charge on any atom is -0.308 e. The summed E-state index contributed by atoms with van der Waals surface area (Å²) >= 11 is 0. The van der Waals surface area contributed by atoms with Gasteiger partial charge in [0, 0.05) is 24.1 Å². The van der Waals surface area contributed by atoms with Crippen LogP contribution in [0.15, 0.2) is 42.5 Å². The van der Waals surface area contributed by atoms with Gasteiger partial charge in [0.2, 0.25) is 0 Å². The molecule has 0 heterocycles. The second-order valence-electron chi connectivity index (χ2n) is 6.11. The molecule has 2 aromatic rings. The van der Waals surface area contributed by atoms with Crippen LogP contribution in [0, 0.1) is 13.8 Å². The van der Waals surface area contributed by atoms with Gasteiger partial charge in [-0.2, -0.15) is 0 Å². The molecular formula is C19H23NO3S. The zero-order valence-electron chi connectivity index (χ0n) is 14.5. The predicted molar refractivity (Wildman–Crippen MR) is 98.3 cm³/mol. The number of rotatable bonds is 5. The summed E-state index contributed by atoms with van der Waals surface area (Å²) < 4.78 is 23.0. The molecule has 0 fully saturated rings. The van der Waals surface area contributed by atoms with Gasteiger partial charge in [0.1, 0.15) is 0 Å². The van der Waals surface area contributed by atoms with Crippen molar-refractivity contribution in [3.63, 3.8) is 0 Å². The summed E-state index contributed by atoms with van der Waals surface area (Å²) in [5.41, 5.74) is 4.13. The fourth-order valence-electron chi connectivity index (χ4n) is 2.69. The van der Waals surface area contributed by atoms with Gasteiger partial charge in [0.05, 0.1) is 5.75 Å². The molecule has 0 unspecified atom stereocenters. The molecule has 0 atom stereocenters. The number of nitrogens with zero attached hydrogens (tertiary/aromatic N) is 1. The molecule has 2 aromatic carbocycles. The molecular weight excluding hydrogens is 322 g/mol. The highest BCUT2D eigenvalue weighted by Crippen LogP contribution is 2.23. The molecule has 0 saturated carbocycles.